The smallest absolute Gasteiger partial charge is 0.0703 e. The zero-order valence-electron chi connectivity index (χ0n) is 12.8. The van der Waals surface area contributed by atoms with Crippen molar-refractivity contribution >= 4 is 33.9 Å². The Morgan fingerprint density at radius 1 is 0.783 bits per heavy atom. The third-order valence-corrected chi connectivity index (χ3v) is 4.64. The molecule has 1 saturated heterocycles. The molecule has 116 valence electrons. The molecule has 2 aromatic carbocycles. The number of fused-ring (bicyclic) bond motifs is 1. The number of benzene rings is 2. The van der Waals surface area contributed by atoms with Crippen LogP contribution in [0.4, 0.5) is 11.4 Å². The molecule has 0 amide bonds. The van der Waals surface area contributed by atoms with E-state index in [0.29, 0.717) is 0 Å². The van der Waals surface area contributed by atoms with Gasteiger partial charge in [-0.2, -0.15) is 0 Å². The van der Waals surface area contributed by atoms with E-state index in [1.54, 1.807) is 0 Å². The Bertz CT molecular complexity index is 825. The van der Waals surface area contributed by atoms with E-state index < -0.39 is 0 Å². The van der Waals surface area contributed by atoms with Gasteiger partial charge in [0.2, 0.25) is 0 Å². The molecule has 3 nitrogen and oxygen atoms in total. The van der Waals surface area contributed by atoms with Crippen LogP contribution in [-0.2, 0) is 0 Å². The molecule has 4 rings (SSSR count). The lowest BCUT2D eigenvalue weighted by molar-refractivity contribution is 0.654. The second kappa shape index (κ2) is 6.09. The summed E-state index contributed by atoms with van der Waals surface area (Å²) in [5.74, 6) is 0. The van der Waals surface area contributed by atoms with Gasteiger partial charge in [-0.05, 0) is 42.5 Å². The average Bonchev–Trinajstić information content (AvgIpc) is 2.61. The van der Waals surface area contributed by atoms with Crippen molar-refractivity contribution in [3.63, 3.8) is 0 Å². The molecule has 23 heavy (non-hydrogen) atoms. The number of anilines is 2. The van der Waals surface area contributed by atoms with Gasteiger partial charge in [0.05, 0.1) is 5.52 Å². The van der Waals surface area contributed by atoms with Crippen LogP contribution in [0.1, 0.15) is 0 Å². The molecule has 1 aliphatic heterocycles. The summed E-state index contributed by atoms with van der Waals surface area (Å²) in [7, 11) is 0. The summed E-state index contributed by atoms with van der Waals surface area (Å²) in [4.78, 5) is 9.22. The number of piperazine rings is 1. The SMILES string of the molecule is Clc1cccc(N2CCN(c3ccc4ncccc4c3)CC2)c1. The van der Waals surface area contributed by atoms with Crippen LogP contribution < -0.4 is 9.80 Å². The summed E-state index contributed by atoms with van der Waals surface area (Å²) in [5.41, 5.74) is 3.53. The summed E-state index contributed by atoms with van der Waals surface area (Å²) in [6.45, 7) is 4.04. The fraction of sp³-hybridized carbons (Fsp3) is 0.211. The fourth-order valence-corrected chi connectivity index (χ4v) is 3.34. The number of halogens is 1. The molecule has 0 aliphatic carbocycles. The molecule has 0 unspecified atom stereocenters. The van der Waals surface area contributed by atoms with Crippen molar-refractivity contribution in [1.29, 1.82) is 0 Å². The molecule has 4 heteroatoms. The van der Waals surface area contributed by atoms with Crippen molar-refractivity contribution in [3.05, 3.63) is 65.8 Å². The maximum Gasteiger partial charge on any atom is 0.0703 e. The lowest BCUT2D eigenvalue weighted by Gasteiger charge is -2.37. The highest BCUT2D eigenvalue weighted by Gasteiger charge is 2.17. The molecule has 0 bridgehead atoms. The second-order valence-electron chi connectivity index (χ2n) is 5.83. The predicted octanol–water partition coefficient (Wildman–Crippen LogP) is 4.21. The van der Waals surface area contributed by atoms with Crippen molar-refractivity contribution in [1.82, 2.24) is 4.98 Å². The zero-order chi connectivity index (χ0) is 15.6. The van der Waals surface area contributed by atoms with Crippen molar-refractivity contribution in [2.45, 2.75) is 0 Å². The van der Waals surface area contributed by atoms with Crippen molar-refractivity contribution in [2.75, 3.05) is 36.0 Å². The zero-order valence-corrected chi connectivity index (χ0v) is 13.6. The Labute approximate surface area is 141 Å². The number of rotatable bonds is 2. The van der Waals surface area contributed by atoms with Crippen LogP contribution in [0, 0.1) is 0 Å². The minimum atomic E-state index is 0.798. The molecule has 0 radical (unpaired) electrons. The molecule has 1 fully saturated rings. The third-order valence-electron chi connectivity index (χ3n) is 4.40. The number of hydrogen-bond donors (Lipinski definition) is 0. The lowest BCUT2D eigenvalue weighted by atomic mass is 10.1. The molecule has 1 aromatic heterocycles. The molecule has 3 aromatic rings. The Morgan fingerprint density at radius 2 is 1.52 bits per heavy atom. The Hall–Kier alpha value is -2.26. The van der Waals surface area contributed by atoms with Gasteiger partial charge in [0, 0.05) is 54.2 Å². The topological polar surface area (TPSA) is 19.4 Å². The van der Waals surface area contributed by atoms with E-state index in [4.69, 9.17) is 11.6 Å². The number of pyridine rings is 1. The van der Waals surface area contributed by atoms with Crippen LogP contribution in [0.15, 0.2) is 60.8 Å². The van der Waals surface area contributed by atoms with E-state index in [9.17, 15) is 0 Å². The van der Waals surface area contributed by atoms with Gasteiger partial charge in [-0.3, -0.25) is 4.98 Å². The molecule has 0 saturated carbocycles. The van der Waals surface area contributed by atoms with Gasteiger partial charge in [0.1, 0.15) is 0 Å². The fourth-order valence-electron chi connectivity index (χ4n) is 3.16. The van der Waals surface area contributed by atoms with E-state index >= 15 is 0 Å². The molecule has 0 atom stereocenters. The number of aromatic nitrogens is 1. The Balaban J connectivity index is 1.50. The monoisotopic (exact) mass is 323 g/mol. The number of nitrogens with zero attached hydrogens (tertiary/aromatic N) is 3. The molecule has 0 N–H and O–H groups in total. The Morgan fingerprint density at radius 3 is 2.26 bits per heavy atom. The molecule has 0 spiro atoms. The molecular formula is C19H18ClN3. The van der Waals surface area contributed by atoms with Gasteiger partial charge in [0.15, 0.2) is 0 Å². The first-order valence-corrected chi connectivity index (χ1v) is 8.28. The van der Waals surface area contributed by atoms with Crippen molar-refractivity contribution in [2.24, 2.45) is 0 Å². The minimum absolute atomic E-state index is 0.798. The van der Waals surface area contributed by atoms with E-state index in [2.05, 4.69) is 45.1 Å². The van der Waals surface area contributed by atoms with Gasteiger partial charge in [-0.15, -0.1) is 0 Å². The van der Waals surface area contributed by atoms with Crippen LogP contribution in [0.3, 0.4) is 0 Å². The standard InChI is InChI=1S/C19H18ClN3/c20-16-4-1-5-17(14-16)22-9-11-23(12-10-22)18-6-7-19-15(13-18)3-2-8-21-19/h1-8,13-14H,9-12H2. The van der Waals surface area contributed by atoms with Crippen LogP contribution in [0.25, 0.3) is 10.9 Å². The maximum atomic E-state index is 6.10. The highest BCUT2D eigenvalue weighted by molar-refractivity contribution is 6.30. The summed E-state index contributed by atoms with van der Waals surface area (Å²) in [6.07, 6.45) is 1.84. The summed E-state index contributed by atoms with van der Waals surface area (Å²) in [5, 5.41) is 1.99. The van der Waals surface area contributed by atoms with Crippen molar-refractivity contribution < 1.29 is 0 Å². The van der Waals surface area contributed by atoms with Crippen LogP contribution in [0.2, 0.25) is 5.02 Å². The van der Waals surface area contributed by atoms with Gasteiger partial charge >= 0.3 is 0 Å². The molecule has 1 aliphatic rings. The lowest BCUT2D eigenvalue weighted by Crippen LogP contribution is -2.46. The van der Waals surface area contributed by atoms with Gasteiger partial charge in [-0.25, -0.2) is 0 Å². The predicted molar refractivity (Wildman–Crippen MR) is 97.6 cm³/mol. The third kappa shape index (κ3) is 2.97. The quantitative estimate of drug-likeness (QED) is 0.704. The highest BCUT2D eigenvalue weighted by atomic mass is 35.5. The summed E-state index contributed by atoms with van der Waals surface area (Å²) < 4.78 is 0. The van der Waals surface area contributed by atoms with Gasteiger partial charge in [0.25, 0.3) is 0 Å². The van der Waals surface area contributed by atoms with Gasteiger partial charge < -0.3 is 9.80 Å². The first-order valence-electron chi connectivity index (χ1n) is 7.90. The largest absolute Gasteiger partial charge is 0.368 e. The minimum Gasteiger partial charge on any atom is -0.368 e. The van der Waals surface area contributed by atoms with Crippen LogP contribution in [-0.4, -0.2) is 31.2 Å². The van der Waals surface area contributed by atoms with Crippen molar-refractivity contribution in [3.8, 4) is 0 Å². The highest BCUT2D eigenvalue weighted by Crippen LogP contribution is 2.25. The van der Waals surface area contributed by atoms with E-state index in [0.717, 1.165) is 36.7 Å². The maximum absolute atomic E-state index is 6.10. The number of hydrogen-bond acceptors (Lipinski definition) is 3. The second-order valence-corrected chi connectivity index (χ2v) is 6.27. The average molecular weight is 324 g/mol. The van der Waals surface area contributed by atoms with Crippen LogP contribution in [0.5, 0.6) is 0 Å². The Kier molecular flexibility index (Phi) is 3.80. The first kappa shape index (κ1) is 14.3. The summed E-state index contributed by atoms with van der Waals surface area (Å²) in [6, 6.07) is 18.7. The van der Waals surface area contributed by atoms with E-state index in [1.807, 2.05) is 30.5 Å². The normalized spacial score (nSPS) is 15.2. The van der Waals surface area contributed by atoms with E-state index in [-0.39, 0.29) is 0 Å². The first-order chi connectivity index (χ1) is 11.3. The van der Waals surface area contributed by atoms with Gasteiger partial charge in [-0.1, -0.05) is 23.7 Å². The summed E-state index contributed by atoms with van der Waals surface area (Å²) >= 11 is 6.10. The molecular weight excluding hydrogens is 306 g/mol. The van der Waals surface area contributed by atoms with E-state index in [1.165, 1.54) is 16.8 Å². The van der Waals surface area contributed by atoms with Crippen LogP contribution >= 0.6 is 11.6 Å². The molecule has 2 heterocycles.